The molecule has 1 aromatic heterocycles. The van der Waals surface area contributed by atoms with E-state index in [2.05, 4.69) is 54.9 Å². The molecule has 0 saturated carbocycles. The van der Waals surface area contributed by atoms with Gasteiger partial charge in [0, 0.05) is 19.2 Å². The summed E-state index contributed by atoms with van der Waals surface area (Å²) in [5.74, 6) is 1.36. The quantitative estimate of drug-likeness (QED) is 0.0726. The molecule has 2 nitrogen and oxygen atoms in total. The minimum atomic E-state index is 1.10. The molecule has 0 bridgehead atoms. The Morgan fingerprint density at radius 1 is 0.422 bits per heavy atom. The second-order valence-electron chi connectivity index (χ2n) is 14.3. The van der Waals surface area contributed by atoms with Gasteiger partial charge in [0.25, 0.3) is 0 Å². The van der Waals surface area contributed by atoms with Gasteiger partial charge in [0.2, 0.25) is 0 Å². The lowest BCUT2D eigenvalue weighted by Crippen LogP contribution is -2.03. The molecule has 0 saturated heterocycles. The highest BCUT2D eigenvalue weighted by Gasteiger charge is 2.09. The number of imidazole rings is 1. The Morgan fingerprint density at radius 2 is 0.844 bits per heavy atom. The Bertz CT molecular complexity index is 869. The molecule has 0 unspecified atom stereocenters. The number of hydrogen-bond donors (Lipinski definition) is 0. The van der Waals surface area contributed by atoms with Crippen molar-refractivity contribution in [3.8, 4) is 0 Å². The summed E-state index contributed by atoms with van der Waals surface area (Å²) in [6.45, 7) is 5.78. The zero-order valence-electron chi connectivity index (χ0n) is 30.5. The van der Waals surface area contributed by atoms with Crippen LogP contribution in [-0.2, 0) is 25.8 Å². The van der Waals surface area contributed by atoms with Crippen molar-refractivity contribution in [3.63, 3.8) is 0 Å². The molecule has 258 valence electrons. The van der Waals surface area contributed by atoms with Gasteiger partial charge in [-0.15, -0.1) is 0 Å². The van der Waals surface area contributed by atoms with Crippen LogP contribution < -0.4 is 0 Å². The van der Waals surface area contributed by atoms with E-state index < -0.39 is 0 Å². The molecule has 45 heavy (non-hydrogen) atoms. The molecule has 0 spiro atoms. The van der Waals surface area contributed by atoms with E-state index >= 15 is 0 Å². The number of unbranched alkanes of at least 4 members (excludes halogenated alkanes) is 25. The molecule has 0 atom stereocenters. The summed E-state index contributed by atoms with van der Waals surface area (Å²) >= 11 is 0. The lowest BCUT2D eigenvalue weighted by Gasteiger charge is -2.08. The normalized spacial score (nSPS) is 11.5. The molecule has 0 aliphatic heterocycles. The molecule has 0 aliphatic carbocycles. The van der Waals surface area contributed by atoms with E-state index in [-0.39, 0.29) is 0 Å². The fraction of sp³-hybridized carbons (Fsp3) is 0.791. The molecule has 2 rings (SSSR count). The van der Waals surface area contributed by atoms with Gasteiger partial charge in [0.15, 0.2) is 0 Å². The highest BCUT2D eigenvalue weighted by Crippen LogP contribution is 2.17. The predicted molar refractivity (Wildman–Crippen MR) is 200 cm³/mol. The van der Waals surface area contributed by atoms with Gasteiger partial charge in [-0.3, -0.25) is 0 Å². The summed E-state index contributed by atoms with van der Waals surface area (Å²) in [5, 5.41) is 0. The van der Waals surface area contributed by atoms with Crippen LogP contribution in [0.1, 0.15) is 211 Å². The Balaban J connectivity index is 1.57. The lowest BCUT2D eigenvalue weighted by atomic mass is 10.0. The van der Waals surface area contributed by atoms with Crippen molar-refractivity contribution in [2.45, 2.75) is 219 Å². The average Bonchev–Trinajstić information content (AvgIpc) is 3.45. The summed E-state index contributed by atoms with van der Waals surface area (Å²) < 4.78 is 2.54. The van der Waals surface area contributed by atoms with Crippen molar-refractivity contribution in [2.75, 3.05) is 0 Å². The third-order valence-electron chi connectivity index (χ3n) is 9.91. The Labute approximate surface area is 282 Å². The summed E-state index contributed by atoms with van der Waals surface area (Å²) in [4.78, 5) is 5.18. The van der Waals surface area contributed by atoms with E-state index in [0.717, 1.165) is 25.8 Å². The SMILES string of the molecule is CCCCCCCCCCCCCCCCCCCc1nc(CCCc2ccccc2)cn1CCCCCCCCCCCC. The first-order chi connectivity index (χ1) is 22.3. The first-order valence-electron chi connectivity index (χ1n) is 20.4. The molecule has 1 heterocycles. The highest BCUT2D eigenvalue weighted by atomic mass is 15.1. The third kappa shape index (κ3) is 22.6. The van der Waals surface area contributed by atoms with Crippen molar-refractivity contribution in [1.82, 2.24) is 9.55 Å². The third-order valence-corrected chi connectivity index (χ3v) is 9.91. The minimum absolute atomic E-state index is 1.10. The first kappa shape index (κ1) is 39.6. The van der Waals surface area contributed by atoms with Crippen LogP contribution in [0, 0.1) is 0 Å². The largest absolute Gasteiger partial charge is 0.335 e. The number of benzene rings is 1. The van der Waals surface area contributed by atoms with E-state index in [1.165, 1.54) is 197 Å². The molecule has 2 heteroatoms. The van der Waals surface area contributed by atoms with Gasteiger partial charge in [0.05, 0.1) is 5.69 Å². The zero-order valence-corrected chi connectivity index (χ0v) is 30.5. The fourth-order valence-electron chi connectivity index (χ4n) is 6.92. The second-order valence-corrected chi connectivity index (χ2v) is 14.3. The van der Waals surface area contributed by atoms with Crippen LogP contribution >= 0.6 is 0 Å². The number of aromatic nitrogens is 2. The monoisotopic (exact) mass is 621 g/mol. The maximum atomic E-state index is 5.18. The standard InChI is InChI=1S/C43H76N2/c1-3-5-7-9-11-13-15-16-17-18-19-20-21-22-24-26-31-38-43-44-42(37-33-36-41-34-29-28-30-35-41)40-45(43)39-32-27-25-23-14-12-10-8-6-4-2/h28-30,34-35,40H,3-27,31-33,36-39H2,1-2H3. The molecular weight excluding hydrogens is 544 g/mol. The number of rotatable bonds is 33. The topological polar surface area (TPSA) is 17.8 Å². The van der Waals surface area contributed by atoms with Crippen molar-refractivity contribution in [1.29, 1.82) is 0 Å². The van der Waals surface area contributed by atoms with E-state index in [4.69, 9.17) is 4.98 Å². The van der Waals surface area contributed by atoms with Crippen molar-refractivity contribution in [3.05, 3.63) is 53.6 Å². The molecule has 0 radical (unpaired) electrons. The molecule has 0 N–H and O–H groups in total. The summed E-state index contributed by atoms with van der Waals surface area (Å²) in [6, 6.07) is 11.0. The summed E-state index contributed by atoms with van der Waals surface area (Å²) in [6.07, 6.45) is 45.4. The molecule has 1 aromatic carbocycles. The van der Waals surface area contributed by atoms with Crippen molar-refractivity contribution >= 4 is 0 Å². The van der Waals surface area contributed by atoms with Crippen LogP contribution in [-0.4, -0.2) is 9.55 Å². The molecule has 0 amide bonds. The van der Waals surface area contributed by atoms with E-state index in [1.807, 2.05) is 0 Å². The highest BCUT2D eigenvalue weighted by molar-refractivity contribution is 5.15. The van der Waals surface area contributed by atoms with Crippen LogP contribution in [0.15, 0.2) is 36.5 Å². The maximum absolute atomic E-state index is 5.18. The average molecular weight is 621 g/mol. The van der Waals surface area contributed by atoms with E-state index in [0.29, 0.717) is 0 Å². The van der Waals surface area contributed by atoms with Crippen LogP contribution in [0.25, 0.3) is 0 Å². The molecule has 0 aliphatic rings. The van der Waals surface area contributed by atoms with Crippen LogP contribution in [0.2, 0.25) is 0 Å². The van der Waals surface area contributed by atoms with Crippen LogP contribution in [0.4, 0.5) is 0 Å². The van der Waals surface area contributed by atoms with Gasteiger partial charge in [0.1, 0.15) is 5.82 Å². The Hall–Kier alpha value is -1.57. The van der Waals surface area contributed by atoms with E-state index in [9.17, 15) is 0 Å². The number of hydrogen-bond acceptors (Lipinski definition) is 1. The summed E-state index contributed by atoms with van der Waals surface area (Å²) in [7, 11) is 0. The molecule has 2 aromatic rings. The van der Waals surface area contributed by atoms with Gasteiger partial charge in [-0.05, 0) is 37.7 Å². The zero-order chi connectivity index (χ0) is 31.9. The second kappa shape index (κ2) is 29.8. The summed E-state index contributed by atoms with van der Waals surface area (Å²) in [5.41, 5.74) is 2.77. The van der Waals surface area contributed by atoms with Gasteiger partial charge in [-0.25, -0.2) is 4.98 Å². The van der Waals surface area contributed by atoms with Crippen LogP contribution in [0.5, 0.6) is 0 Å². The van der Waals surface area contributed by atoms with Crippen LogP contribution in [0.3, 0.4) is 0 Å². The van der Waals surface area contributed by atoms with E-state index in [1.54, 1.807) is 0 Å². The van der Waals surface area contributed by atoms with Gasteiger partial charge >= 0.3 is 0 Å². The maximum Gasteiger partial charge on any atom is 0.108 e. The predicted octanol–water partition coefficient (Wildman–Crippen LogP) is 14.2. The molecule has 0 fully saturated rings. The van der Waals surface area contributed by atoms with Crippen molar-refractivity contribution in [2.24, 2.45) is 0 Å². The smallest absolute Gasteiger partial charge is 0.108 e. The van der Waals surface area contributed by atoms with Crippen molar-refractivity contribution < 1.29 is 0 Å². The molecular formula is C43H76N2. The van der Waals surface area contributed by atoms with Gasteiger partial charge in [-0.2, -0.15) is 0 Å². The first-order valence-corrected chi connectivity index (χ1v) is 20.4. The van der Waals surface area contributed by atoms with Gasteiger partial charge in [-0.1, -0.05) is 205 Å². The Morgan fingerprint density at radius 3 is 1.31 bits per heavy atom. The lowest BCUT2D eigenvalue weighted by molar-refractivity contribution is 0.517. The number of nitrogens with zero attached hydrogens (tertiary/aromatic N) is 2. The Kier molecular flexibility index (Phi) is 26.2. The fourth-order valence-corrected chi connectivity index (χ4v) is 6.92. The van der Waals surface area contributed by atoms with Gasteiger partial charge < -0.3 is 4.57 Å². The number of aryl methyl sites for hydroxylation is 4. The minimum Gasteiger partial charge on any atom is -0.335 e.